The van der Waals surface area contributed by atoms with Crippen LogP contribution in [-0.2, 0) is 14.3 Å². The van der Waals surface area contributed by atoms with Crippen molar-refractivity contribution in [2.24, 2.45) is 5.92 Å². The van der Waals surface area contributed by atoms with Gasteiger partial charge < -0.3 is 4.43 Å². The summed E-state index contributed by atoms with van der Waals surface area (Å²) in [5.41, 5.74) is 0. The summed E-state index contributed by atoms with van der Waals surface area (Å²) in [5.74, 6) is -0.143. The minimum absolute atomic E-state index is 0.141. The van der Waals surface area contributed by atoms with E-state index in [1.165, 1.54) is 22.8 Å². The number of nitrogens with zero attached hydrogens (tertiary/aromatic N) is 2. The largest absolute Gasteiger partial charge is 0.407 e. The smallest absolute Gasteiger partial charge is 0.261 e. The zero-order chi connectivity index (χ0) is 24.8. The maximum absolute atomic E-state index is 13.0. The van der Waals surface area contributed by atoms with Gasteiger partial charge in [0, 0.05) is 19.0 Å². The average molecular weight is 495 g/mol. The third-order valence-electron chi connectivity index (χ3n) is 6.23. The molecule has 1 aromatic heterocycles. The second-order valence-electron chi connectivity index (χ2n) is 9.59. The summed E-state index contributed by atoms with van der Waals surface area (Å²) >= 11 is 0. The molecule has 2 atom stereocenters. The number of sulfone groups is 1. The van der Waals surface area contributed by atoms with Crippen molar-refractivity contribution in [1.29, 1.82) is 0 Å². The lowest BCUT2D eigenvalue weighted by Crippen LogP contribution is -2.66. The van der Waals surface area contributed by atoms with E-state index in [2.05, 4.69) is 85.8 Å². The molecule has 0 fully saturated rings. The highest BCUT2D eigenvalue weighted by Gasteiger charge is 2.50. The van der Waals surface area contributed by atoms with Crippen molar-refractivity contribution in [3.63, 3.8) is 0 Å². The van der Waals surface area contributed by atoms with Gasteiger partial charge >= 0.3 is 0 Å². The summed E-state index contributed by atoms with van der Waals surface area (Å²) in [4.78, 5) is 7.90. The Morgan fingerprint density at radius 3 is 1.88 bits per heavy atom. The summed E-state index contributed by atoms with van der Waals surface area (Å²) in [5, 5.41) is 1.42. The molecule has 0 aliphatic rings. The molecule has 0 radical (unpaired) electrons. The Balaban J connectivity index is 1.92. The quantitative estimate of drug-likeness (QED) is 0.237. The Morgan fingerprint density at radius 2 is 1.44 bits per heavy atom. The third kappa shape index (κ3) is 5.37. The van der Waals surface area contributed by atoms with Gasteiger partial charge in [0.05, 0.1) is 5.25 Å². The molecular formula is C27H34N2O3SSi. The molecule has 0 spiro atoms. The molecule has 7 heteroatoms. The molecule has 1 heterocycles. The molecule has 3 rings (SSSR count). The fourth-order valence-electron chi connectivity index (χ4n) is 4.39. The van der Waals surface area contributed by atoms with Gasteiger partial charge in [-0.3, -0.25) is 0 Å². The molecular weight excluding hydrogens is 460 g/mol. The Labute approximate surface area is 205 Å². The second-order valence-corrected chi connectivity index (χ2v) is 16.2. The molecule has 2 unspecified atom stereocenters. The maximum atomic E-state index is 13.0. The van der Waals surface area contributed by atoms with Gasteiger partial charge in [0.15, 0.2) is 0 Å². The molecule has 0 saturated heterocycles. The monoisotopic (exact) mass is 494 g/mol. The van der Waals surface area contributed by atoms with Crippen molar-refractivity contribution in [2.75, 3.05) is 6.61 Å². The third-order valence-corrected chi connectivity index (χ3v) is 13.2. The van der Waals surface area contributed by atoms with Crippen LogP contribution < -0.4 is 10.4 Å². The van der Waals surface area contributed by atoms with E-state index in [0.29, 0.717) is 13.0 Å². The topological polar surface area (TPSA) is 69.2 Å². The van der Waals surface area contributed by atoms with Crippen LogP contribution in [0.1, 0.15) is 34.1 Å². The van der Waals surface area contributed by atoms with Crippen molar-refractivity contribution >= 4 is 28.5 Å². The first-order valence-electron chi connectivity index (χ1n) is 11.5. The van der Waals surface area contributed by atoms with E-state index in [-0.39, 0.29) is 16.1 Å². The van der Waals surface area contributed by atoms with E-state index in [9.17, 15) is 8.42 Å². The second kappa shape index (κ2) is 10.8. The molecule has 0 amide bonds. The molecule has 0 saturated carbocycles. The van der Waals surface area contributed by atoms with Crippen LogP contribution in [0.5, 0.6) is 0 Å². The predicted molar refractivity (Wildman–Crippen MR) is 141 cm³/mol. The highest BCUT2D eigenvalue weighted by Crippen LogP contribution is 2.37. The van der Waals surface area contributed by atoms with Crippen molar-refractivity contribution in [3.8, 4) is 0 Å². The Morgan fingerprint density at radius 1 is 0.941 bits per heavy atom. The maximum Gasteiger partial charge on any atom is 0.261 e. The number of hydrogen-bond acceptors (Lipinski definition) is 5. The lowest BCUT2D eigenvalue weighted by molar-refractivity contribution is 0.252. The summed E-state index contributed by atoms with van der Waals surface area (Å²) in [7, 11) is -6.36. The van der Waals surface area contributed by atoms with E-state index in [0.717, 1.165) is 0 Å². The minimum Gasteiger partial charge on any atom is -0.407 e. The van der Waals surface area contributed by atoms with Crippen molar-refractivity contribution < 1.29 is 12.8 Å². The molecule has 34 heavy (non-hydrogen) atoms. The van der Waals surface area contributed by atoms with Crippen molar-refractivity contribution in [2.45, 2.75) is 49.6 Å². The van der Waals surface area contributed by atoms with Gasteiger partial charge in [-0.2, -0.15) is 0 Å². The van der Waals surface area contributed by atoms with Gasteiger partial charge in [0.2, 0.25) is 15.0 Å². The molecule has 0 aliphatic heterocycles. The van der Waals surface area contributed by atoms with Crippen LogP contribution in [0, 0.1) is 5.92 Å². The molecule has 5 nitrogen and oxygen atoms in total. The zero-order valence-corrected chi connectivity index (χ0v) is 22.2. The Hall–Kier alpha value is -2.61. The van der Waals surface area contributed by atoms with Gasteiger partial charge in [0.25, 0.3) is 8.32 Å². The number of aromatic nitrogens is 2. The molecule has 0 bridgehead atoms. The van der Waals surface area contributed by atoms with Gasteiger partial charge in [-0.25, -0.2) is 18.4 Å². The molecule has 3 aromatic rings. The molecule has 2 aromatic carbocycles. The lowest BCUT2D eigenvalue weighted by atomic mass is 10.1. The van der Waals surface area contributed by atoms with E-state index in [1.807, 2.05) is 12.1 Å². The summed E-state index contributed by atoms with van der Waals surface area (Å²) in [6, 6.07) is 22.4. The van der Waals surface area contributed by atoms with Gasteiger partial charge in [0.1, 0.15) is 0 Å². The van der Waals surface area contributed by atoms with E-state index in [4.69, 9.17) is 4.43 Å². The minimum atomic E-state index is -3.64. The van der Waals surface area contributed by atoms with Crippen LogP contribution in [0.4, 0.5) is 0 Å². The number of hydrogen-bond donors (Lipinski definition) is 0. The first kappa shape index (κ1) is 26.0. The van der Waals surface area contributed by atoms with Gasteiger partial charge in [-0.15, -0.1) is 6.58 Å². The van der Waals surface area contributed by atoms with Crippen LogP contribution >= 0.6 is 0 Å². The fourth-order valence-corrected chi connectivity index (χ4v) is 10.3. The summed E-state index contributed by atoms with van der Waals surface area (Å²) < 4.78 is 33.0. The Bertz CT molecular complexity index is 1130. The molecule has 180 valence electrons. The summed E-state index contributed by atoms with van der Waals surface area (Å²) in [6.45, 7) is 12.7. The van der Waals surface area contributed by atoms with E-state index in [1.54, 1.807) is 19.1 Å². The van der Waals surface area contributed by atoms with Gasteiger partial charge in [-0.1, -0.05) is 87.5 Å². The lowest BCUT2D eigenvalue weighted by Gasteiger charge is -2.43. The van der Waals surface area contributed by atoms with Gasteiger partial charge in [-0.05, 0) is 40.7 Å². The van der Waals surface area contributed by atoms with Crippen LogP contribution in [0.3, 0.4) is 0 Å². The SMILES string of the molecule is C=CC(CO[Si](c1ccccc1)(c1ccccc1)C(C)(C)C)CC(C)S(=O)(=O)c1ncccn1. The standard InChI is InChI=1S/C27H34N2O3SSi/c1-6-23(20-22(2)33(30,31)26-28-18-13-19-29-26)21-32-34(27(3,4)5,24-14-9-7-10-15-24)25-16-11-8-12-17-25/h6-19,22-23H,1,20-21H2,2-5H3. The van der Waals surface area contributed by atoms with Crippen LogP contribution in [0.15, 0.2) is 96.9 Å². The highest BCUT2D eigenvalue weighted by atomic mass is 32.2. The van der Waals surface area contributed by atoms with Crippen molar-refractivity contribution in [3.05, 3.63) is 91.8 Å². The highest BCUT2D eigenvalue weighted by molar-refractivity contribution is 7.91. The molecule has 0 aliphatic carbocycles. The van der Waals surface area contributed by atoms with Crippen LogP contribution in [0.2, 0.25) is 5.04 Å². The summed E-state index contributed by atoms with van der Waals surface area (Å²) in [6.07, 6.45) is 5.07. The molecule has 0 N–H and O–H groups in total. The van der Waals surface area contributed by atoms with Crippen LogP contribution in [0.25, 0.3) is 0 Å². The first-order valence-corrected chi connectivity index (χ1v) is 15.0. The van der Waals surface area contributed by atoms with Crippen LogP contribution in [-0.4, -0.2) is 38.6 Å². The first-order chi connectivity index (χ1) is 16.1. The van der Waals surface area contributed by atoms with E-state index < -0.39 is 23.4 Å². The normalized spacial score (nSPS) is 14.4. The van der Waals surface area contributed by atoms with E-state index >= 15 is 0 Å². The fraction of sp³-hybridized carbons (Fsp3) is 0.333. The average Bonchev–Trinajstić information content (AvgIpc) is 2.84. The Kier molecular flexibility index (Phi) is 8.23. The predicted octanol–water partition coefficient (Wildman–Crippen LogP) is 4.41. The zero-order valence-electron chi connectivity index (χ0n) is 20.4. The van der Waals surface area contributed by atoms with Crippen molar-refractivity contribution in [1.82, 2.24) is 9.97 Å². The number of benzene rings is 2. The number of rotatable bonds is 10.